The monoisotopic (exact) mass is 448 g/mol. The Labute approximate surface area is 194 Å². The summed E-state index contributed by atoms with van der Waals surface area (Å²) in [7, 11) is 0. The van der Waals surface area contributed by atoms with Crippen LogP contribution in [0.15, 0.2) is 18.2 Å². The van der Waals surface area contributed by atoms with Gasteiger partial charge in [-0.25, -0.2) is 0 Å². The van der Waals surface area contributed by atoms with Crippen LogP contribution < -0.4 is 5.32 Å². The van der Waals surface area contributed by atoms with Gasteiger partial charge in [-0.2, -0.15) is 0 Å². The number of amides is 1. The van der Waals surface area contributed by atoms with Crippen molar-refractivity contribution in [2.24, 2.45) is 0 Å². The summed E-state index contributed by atoms with van der Waals surface area (Å²) in [4.78, 5) is 22.7. The molecule has 1 aromatic rings. The molecule has 182 valence electrons. The van der Waals surface area contributed by atoms with Crippen molar-refractivity contribution in [3.63, 3.8) is 0 Å². The first-order chi connectivity index (χ1) is 15.6. The SMILES string of the molecule is CCCCCCCCCCCCCCCCCCNC(=O)c1cc([N+](=O)[O-])ccc1CO. The molecule has 0 bridgehead atoms. The van der Waals surface area contributed by atoms with Crippen LogP contribution in [0, 0.1) is 10.1 Å². The van der Waals surface area contributed by atoms with Crippen molar-refractivity contribution in [2.75, 3.05) is 6.54 Å². The van der Waals surface area contributed by atoms with Gasteiger partial charge in [-0.15, -0.1) is 0 Å². The minimum Gasteiger partial charge on any atom is -0.392 e. The fourth-order valence-electron chi connectivity index (χ4n) is 4.00. The molecule has 1 aromatic carbocycles. The van der Waals surface area contributed by atoms with E-state index in [1.54, 1.807) is 0 Å². The van der Waals surface area contributed by atoms with Gasteiger partial charge in [0, 0.05) is 18.7 Å². The van der Waals surface area contributed by atoms with E-state index in [0.717, 1.165) is 12.8 Å². The number of hydrogen-bond donors (Lipinski definition) is 2. The van der Waals surface area contributed by atoms with Gasteiger partial charge in [0.1, 0.15) is 0 Å². The van der Waals surface area contributed by atoms with Crippen LogP contribution in [0.25, 0.3) is 0 Å². The summed E-state index contributed by atoms with van der Waals surface area (Å²) in [5, 5.41) is 23.1. The third kappa shape index (κ3) is 12.8. The van der Waals surface area contributed by atoms with Crippen molar-refractivity contribution >= 4 is 11.6 Å². The Morgan fingerprint density at radius 3 is 1.75 bits per heavy atom. The summed E-state index contributed by atoms with van der Waals surface area (Å²) in [6.45, 7) is 2.49. The van der Waals surface area contributed by atoms with E-state index >= 15 is 0 Å². The molecule has 6 heteroatoms. The molecular formula is C26H44N2O4. The highest BCUT2D eigenvalue weighted by Crippen LogP contribution is 2.18. The lowest BCUT2D eigenvalue weighted by Gasteiger charge is -2.09. The highest BCUT2D eigenvalue weighted by molar-refractivity contribution is 5.96. The number of nitrogens with zero attached hydrogens (tertiary/aromatic N) is 1. The van der Waals surface area contributed by atoms with Gasteiger partial charge in [0.05, 0.1) is 17.1 Å². The number of nitro benzene ring substituents is 1. The van der Waals surface area contributed by atoms with E-state index in [4.69, 9.17) is 0 Å². The van der Waals surface area contributed by atoms with E-state index in [9.17, 15) is 20.0 Å². The maximum absolute atomic E-state index is 12.3. The molecule has 32 heavy (non-hydrogen) atoms. The van der Waals surface area contributed by atoms with E-state index in [0.29, 0.717) is 12.1 Å². The molecule has 0 radical (unpaired) electrons. The highest BCUT2D eigenvalue weighted by atomic mass is 16.6. The van der Waals surface area contributed by atoms with Crippen molar-refractivity contribution in [3.05, 3.63) is 39.4 Å². The Bertz CT molecular complexity index is 649. The standard InChI is InChI=1S/C26H44N2O4/c1-2-3-4-5-6-7-8-9-10-11-12-13-14-15-16-17-20-27-26(30)25-21-24(28(31)32)19-18-23(25)22-29/h18-19,21,29H,2-17,20,22H2,1H3,(H,27,30). The third-order valence-electron chi connectivity index (χ3n) is 6.04. The number of non-ortho nitro benzene ring substituents is 1. The second-order valence-electron chi connectivity index (χ2n) is 8.82. The Morgan fingerprint density at radius 2 is 1.31 bits per heavy atom. The number of hydrogen-bond acceptors (Lipinski definition) is 4. The lowest BCUT2D eigenvalue weighted by Crippen LogP contribution is -2.25. The number of nitrogens with one attached hydrogen (secondary N) is 1. The fraction of sp³-hybridized carbons (Fsp3) is 0.731. The molecule has 0 saturated heterocycles. The first-order valence-corrected chi connectivity index (χ1v) is 12.8. The van der Waals surface area contributed by atoms with Crippen LogP contribution in [0.4, 0.5) is 5.69 Å². The average molecular weight is 449 g/mol. The van der Waals surface area contributed by atoms with Crippen LogP contribution in [0.1, 0.15) is 126 Å². The predicted molar refractivity (Wildman–Crippen MR) is 131 cm³/mol. The molecule has 0 atom stereocenters. The molecule has 0 aliphatic heterocycles. The van der Waals surface area contributed by atoms with Crippen LogP contribution in [-0.4, -0.2) is 22.5 Å². The summed E-state index contributed by atoms with van der Waals surface area (Å²) in [6.07, 6.45) is 20.8. The van der Waals surface area contributed by atoms with Gasteiger partial charge in [-0.05, 0) is 18.1 Å². The van der Waals surface area contributed by atoms with Gasteiger partial charge in [0.25, 0.3) is 11.6 Å². The second kappa shape index (κ2) is 18.6. The van der Waals surface area contributed by atoms with E-state index in [2.05, 4.69) is 12.2 Å². The van der Waals surface area contributed by atoms with E-state index < -0.39 is 4.92 Å². The number of unbranched alkanes of at least 4 members (excludes halogenated alkanes) is 15. The first kappa shape index (κ1) is 28.1. The smallest absolute Gasteiger partial charge is 0.270 e. The molecule has 0 unspecified atom stereocenters. The van der Waals surface area contributed by atoms with Crippen molar-refractivity contribution < 1.29 is 14.8 Å². The van der Waals surface area contributed by atoms with Crippen molar-refractivity contribution in [1.29, 1.82) is 0 Å². The molecule has 0 heterocycles. The third-order valence-corrected chi connectivity index (χ3v) is 6.04. The summed E-state index contributed by atoms with van der Waals surface area (Å²) in [5.74, 6) is -0.362. The number of carbonyl (C=O) groups excluding carboxylic acids is 1. The topological polar surface area (TPSA) is 92.5 Å². The molecule has 1 amide bonds. The Kier molecular flexibility index (Phi) is 16.3. The molecule has 0 spiro atoms. The zero-order chi connectivity index (χ0) is 23.4. The van der Waals surface area contributed by atoms with Gasteiger partial charge < -0.3 is 10.4 Å². The van der Waals surface area contributed by atoms with Gasteiger partial charge >= 0.3 is 0 Å². The molecule has 2 N–H and O–H groups in total. The van der Waals surface area contributed by atoms with Crippen LogP contribution >= 0.6 is 0 Å². The van der Waals surface area contributed by atoms with Gasteiger partial charge in [0.15, 0.2) is 0 Å². The van der Waals surface area contributed by atoms with Crippen molar-refractivity contribution in [1.82, 2.24) is 5.32 Å². The molecular weight excluding hydrogens is 404 g/mol. The predicted octanol–water partition coefficient (Wildman–Crippen LogP) is 7.08. The van der Waals surface area contributed by atoms with E-state index in [1.165, 1.54) is 108 Å². The first-order valence-electron chi connectivity index (χ1n) is 12.8. The minimum absolute atomic E-state index is 0.144. The van der Waals surface area contributed by atoms with Gasteiger partial charge in [-0.3, -0.25) is 14.9 Å². The number of aliphatic hydroxyl groups is 1. The average Bonchev–Trinajstić information content (AvgIpc) is 2.80. The summed E-state index contributed by atoms with van der Waals surface area (Å²) < 4.78 is 0. The second-order valence-corrected chi connectivity index (χ2v) is 8.82. The van der Waals surface area contributed by atoms with Crippen molar-refractivity contribution in [2.45, 2.75) is 116 Å². The van der Waals surface area contributed by atoms with E-state index in [-0.39, 0.29) is 23.8 Å². The maximum atomic E-state index is 12.3. The molecule has 0 fully saturated rings. The van der Waals surface area contributed by atoms with Crippen LogP contribution in [0.2, 0.25) is 0 Å². The summed E-state index contributed by atoms with van der Waals surface area (Å²) in [6, 6.07) is 3.97. The molecule has 6 nitrogen and oxygen atoms in total. The molecule has 0 aliphatic carbocycles. The number of nitro groups is 1. The molecule has 1 rings (SSSR count). The summed E-state index contributed by atoms with van der Waals surface area (Å²) in [5.41, 5.74) is 0.438. The molecule has 0 saturated carbocycles. The molecule has 0 aromatic heterocycles. The number of aliphatic hydroxyl groups excluding tert-OH is 1. The maximum Gasteiger partial charge on any atom is 0.270 e. The number of benzene rings is 1. The summed E-state index contributed by atoms with van der Waals surface area (Å²) >= 11 is 0. The van der Waals surface area contributed by atoms with Crippen LogP contribution in [0.5, 0.6) is 0 Å². The number of rotatable bonds is 20. The zero-order valence-electron chi connectivity index (χ0n) is 20.1. The number of carbonyl (C=O) groups is 1. The Morgan fingerprint density at radius 1 is 0.844 bits per heavy atom. The Balaban J connectivity index is 1.98. The normalized spacial score (nSPS) is 10.9. The largest absolute Gasteiger partial charge is 0.392 e. The Hall–Kier alpha value is -1.95. The minimum atomic E-state index is -0.534. The van der Waals surface area contributed by atoms with Gasteiger partial charge in [0.2, 0.25) is 0 Å². The fourth-order valence-corrected chi connectivity index (χ4v) is 4.00. The van der Waals surface area contributed by atoms with Crippen LogP contribution in [0.3, 0.4) is 0 Å². The molecule has 0 aliphatic rings. The van der Waals surface area contributed by atoms with Gasteiger partial charge in [-0.1, -0.05) is 103 Å². The quantitative estimate of drug-likeness (QED) is 0.127. The van der Waals surface area contributed by atoms with Crippen molar-refractivity contribution in [3.8, 4) is 0 Å². The lowest BCUT2D eigenvalue weighted by atomic mass is 10.0. The highest BCUT2D eigenvalue weighted by Gasteiger charge is 2.15. The lowest BCUT2D eigenvalue weighted by molar-refractivity contribution is -0.384. The van der Waals surface area contributed by atoms with E-state index in [1.807, 2.05) is 0 Å². The van der Waals surface area contributed by atoms with Crippen LogP contribution in [-0.2, 0) is 6.61 Å². The zero-order valence-corrected chi connectivity index (χ0v) is 20.1.